The van der Waals surface area contributed by atoms with Gasteiger partial charge in [0.1, 0.15) is 12.4 Å². The molecule has 0 bridgehead atoms. The zero-order valence-electron chi connectivity index (χ0n) is 19.3. The van der Waals surface area contributed by atoms with Crippen LogP contribution < -0.4 is 20.5 Å². The Hall–Kier alpha value is -4.48. The molecule has 1 amide bonds. The van der Waals surface area contributed by atoms with Crippen LogP contribution in [0.3, 0.4) is 0 Å². The van der Waals surface area contributed by atoms with Gasteiger partial charge >= 0.3 is 5.76 Å². The molecule has 0 aliphatic carbocycles. The summed E-state index contributed by atoms with van der Waals surface area (Å²) in [6.07, 6.45) is 0. The summed E-state index contributed by atoms with van der Waals surface area (Å²) >= 11 is 0. The number of aromatic nitrogens is 6. The minimum absolute atomic E-state index is 0.170. The smallest absolute Gasteiger partial charge is 0.442 e. The fourth-order valence-corrected chi connectivity index (χ4v) is 3.46. The van der Waals surface area contributed by atoms with E-state index in [4.69, 9.17) is 14.0 Å². The number of nitrogens with zero attached hydrogens (tertiary/aromatic N) is 6. The van der Waals surface area contributed by atoms with Gasteiger partial charge in [-0.25, -0.2) is 19.3 Å². The van der Waals surface area contributed by atoms with E-state index in [2.05, 4.69) is 25.5 Å². The van der Waals surface area contributed by atoms with Crippen LogP contribution in [-0.2, 0) is 11.3 Å². The number of carbonyl (C=O) groups excluding carboxylic acids is 1. The van der Waals surface area contributed by atoms with Crippen molar-refractivity contribution in [3.8, 4) is 28.8 Å². The Balaban J connectivity index is 1.62. The molecule has 4 aromatic rings. The van der Waals surface area contributed by atoms with Gasteiger partial charge in [0.2, 0.25) is 5.91 Å². The van der Waals surface area contributed by atoms with E-state index >= 15 is 0 Å². The highest BCUT2D eigenvalue weighted by Crippen LogP contribution is 2.31. The number of ether oxygens (including phenoxy) is 2. The first-order chi connectivity index (χ1) is 16.3. The summed E-state index contributed by atoms with van der Waals surface area (Å²) in [4.78, 5) is 34.0. The maximum Gasteiger partial charge on any atom is 0.442 e. The zero-order valence-corrected chi connectivity index (χ0v) is 19.3. The van der Waals surface area contributed by atoms with Crippen LogP contribution >= 0.6 is 0 Å². The maximum atomic E-state index is 12.9. The lowest BCUT2D eigenvalue weighted by atomic mass is 10.2. The van der Waals surface area contributed by atoms with Crippen molar-refractivity contribution in [3.63, 3.8) is 0 Å². The third-order valence-corrected chi connectivity index (χ3v) is 4.89. The Kier molecular flexibility index (Phi) is 6.13. The lowest BCUT2D eigenvalue weighted by Crippen LogP contribution is -2.26. The van der Waals surface area contributed by atoms with Gasteiger partial charge < -0.3 is 14.8 Å². The number of nitrogens with one attached hydrogen (secondary N) is 1. The van der Waals surface area contributed by atoms with Gasteiger partial charge in [0, 0.05) is 23.0 Å². The molecule has 0 unspecified atom stereocenters. The van der Waals surface area contributed by atoms with E-state index < -0.39 is 11.7 Å². The Labute approximate surface area is 194 Å². The highest BCUT2D eigenvalue weighted by molar-refractivity contribution is 5.90. The van der Waals surface area contributed by atoms with Gasteiger partial charge in [0.25, 0.3) is 5.95 Å². The second-order valence-corrected chi connectivity index (χ2v) is 7.51. The Morgan fingerprint density at radius 3 is 2.38 bits per heavy atom. The molecule has 34 heavy (non-hydrogen) atoms. The van der Waals surface area contributed by atoms with Gasteiger partial charge in [-0.2, -0.15) is 9.78 Å². The lowest BCUT2D eigenvalue weighted by Gasteiger charge is -2.11. The average molecular weight is 465 g/mol. The molecule has 0 saturated carbocycles. The van der Waals surface area contributed by atoms with Crippen LogP contribution in [0.2, 0.25) is 0 Å². The first-order valence-corrected chi connectivity index (χ1v) is 10.3. The summed E-state index contributed by atoms with van der Waals surface area (Å²) in [5, 5.41) is 11.0. The van der Waals surface area contributed by atoms with Crippen molar-refractivity contribution >= 4 is 11.7 Å². The quantitative estimate of drug-likeness (QED) is 0.434. The molecule has 1 N–H and O–H groups in total. The number of amides is 1. The summed E-state index contributed by atoms with van der Waals surface area (Å²) in [7, 11) is 3.01. The highest BCUT2D eigenvalue weighted by atomic mass is 16.5. The van der Waals surface area contributed by atoms with E-state index in [0.717, 1.165) is 16.0 Å². The SMILES string of the molecule is COc1ccc(-c2noc(=O)n2CC(=O)Nc2cc(C)nn2-c2nc(C)cc(C)n2)cc1OC. The first kappa shape index (κ1) is 22.7. The molecule has 176 valence electrons. The molecule has 12 nitrogen and oxygen atoms in total. The second-order valence-electron chi connectivity index (χ2n) is 7.51. The predicted octanol–water partition coefficient (Wildman–Crippen LogP) is 2.06. The molecule has 0 spiro atoms. The molecule has 0 fully saturated rings. The number of rotatable bonds is 7. The van der Waals surface area contributed by atoms with Crippen LogP contribution in [0.4, 0.5) is 5.82 Å². The molecular formula is C22H23N7O5. The van der Waals surface area contributed by atoms with E-state index in [1.165, 1.54) is 18.9 Å². The van der Waals surface area contributed by atoms with Gasteiger partial charge in [-0.1, -0.05) is 5.16 Å². The molecule has 0 atom stereocenters. The molecule has 0 aliphatic rings. The van der Waals surface area contributed by atoms with E-state index in [1.807, 2.05) is 19.9 Å². The molecule has 0 saturated heterocycles. The monoisotopic (exact) mass is 465 g/mol. The van der Waals surface area contributed by atoms with E-state index in [0.29, 0.717) is 34.5 Å². The number of anilines is 1. The van der Waals surface area contributed by atoms with Gasteiger partial charge in [-0.05, 0) is 45.0 Å². The van der Waals surface area contributed by atoms with Crippen LogP contribution in [0.15, 0.2) is 39.6 Å². The summed E-state index contributed by atoms with van der Waals surface area (Å²) in [5.74, 6) is 0.555. The van der Waals surface area contributed by atoms with Gasteiger partial charge in [0.15, 0.2) is 17.3 Å². The van der Waals surface area contributed by atoms with Crippen LogP contribution in [0.25, 0.3) is 17.3 Å². The number of methoxy groups -OCH3 is 2. The molecule has 1 aromatic carbocycles. The third-order valence-electron chi connectivity index (χ3n) is 4.89. The van der Waals surface area contributed by atoms with Crippen molar-refractivity contribution < 1.29 is 18.8 Å². The number of hydrogen-bond donors (Lipinski definition) is 1. The van der Waals surface area contributed by atoms with Crippen LogP contribution in [0.5, 0.6) is 11.5 Å². The molecule has 3 heterocycles. The molecule has 0 radical (unpaired) electrons. The topological polar surface area (TPSA) is 139 Å². The Bertz CT molecular complexity index is 1400. The number of benzene rings is 1. The normalized spacial score (nSPS) is 10.9. The highest BCUT2D eigenvalue weighted by Gasteiger charge is 2.19. The minimum atomic E-state index is -0.776. The van der Waals surface area contributed by atoms with Crippen LogP contribution in [0, 0.1) is 20.8 Å². The number of hydrogen-bond acceptors (Lipinski definition) is 9. The molecule has 0 aliphatic heterocycles. The summed E-state index contributed by atoms with van der Waals surface area (Å²) in [5.41, 5.74) is 2.71. The van der Waals surface area contributed by atoms with Crippen LogP contribution in [-0.4, -0.2) is 49.6 Å². The van der Waals surface area contributed by atoms with Crippen molar-refractivity contribution in [2.45, 2.75) is 27.3 Å². The summed E-state index contributed by atoms with van der Waals surface area (Å²) in [6.45, 7) is 5.14. The van der Waals surface area contributed by atoms with E-state index in [1.54, 1.807) is 31.2 Å². The summed E-state index contributed by atoms with van der Waals surface area (Å²) < 4.78 is 17.9. The fraction of sp³-hybridized carbons (Fsp3) is 0.273. The van der Waals surface area contributed by atoms with E-state index in [-0.39, 0.29) is 12.4 Å². The van der Waals surface area contributed by atoms with Crippen molar-refractivity contribution in [2.75, 3.05) is 19.5 Å². The maximum absolute atomic E-state index is 12.9. The summed E-state index contributed by atoms with van der Waals surface area (Å²) in [6, 6.07) is 8.52. The van der Waals surface area contributed by atoms with E-state index in [9.17, 15) is 9.59 Å². The number of aryl methyl sites for hydroxylation is 3. The third kappa shape index (κ3) is 4.51. The number of carbonyl (C=O) groups is 1. The second kappa shape index (κ2) is 9.17. The average Bonchev–Trinajstić information content (AvgIpc) is 3.34. The lowest BCUT2D eigenvalue weighted by molar-refractivity contribution is -0.116. The molecule has 12 heteroatoms. The largest absolute Gasteiger partial charge is 0.493 e. The van der Waals surface area contributed by atoms with Crippen molar-refractivity contribution in [2.24, 2.45) is 0 Å². The van der Waals surface area contributed by atoms with Crippen LogP contribution in [0.1, 0.15) is 17.1 Å². The van der Waals surface area contributed by atoms with Gasteiger partial charge in [0.05, 0.1) is 19.9 Å². The predicted molar refractivity (Wildman–Crippen MR) is 121 cm³/mol. The molecule has 4 rings (SSSR count). The van der Waals surface area contributed by atoms with Crippen molar-refractivity contribution in [1.82, 2.24) is 29.5 Å². The van der Waals surface area contributed by atoms with Gasteiger partial charge in [-0.3, -0.25) is 9.32 Å². The van der Waals surface area contributed by atoms with Crippen molar-refractivity contribution in [1.29, 1.82) is 0 Å². The zero-order chi connectivity index (χ0) is 24.4. The Morgan fingerprint density at radius 1 is 1.00 bits per heavy atom. The first-order valence-electron chi connectivity index (χ1n) is 10.3. The van der Waals surface area contributed by atoms with Gasteiger partial charge in [-0.15, -0.1) is 0 Å². The fourth-order valence-electron chi connectivity index (χ4n) is 3.46. The Morgan fingerprint density at radius 2 is 1.71 bits per heavy atom. The standard InChI is InChI=1S/C22H23N7O5/c1-12-8-13(2)24-21(23-12)29-18(9-14(3)26-29)25-19(30)11-28-20(27-34-22(28)31)15-6-7-16(32-4)17(10-15)33-5/h6-10H,11H2,1-5H3,(H,25,30). The molecule has 3 aromatic heterocycles. The van der Waals surface area contributed by atoms with Crippen molar-refractivity contribution in [3.05, 3.63) is 58.0 Å². The molecular weight excluding hydrogens is 442 g/mol. The minimum Gasteiger partial charge on any atom is -0.493 e.